The molecular formula is C29H27N3O5. The maximum absolute atomic E-state index is 12.9. The number of rotatable bonds is 8. The van der Waals surface area contributed by atoms with Gasteiger partial charge in [-0.1, -0.05) is 65.8 Å². The average Bonchev–Trinajstić information content (AvgIpc) is 3.46. The molecule has 0 unspecified atom stereocenters. The van der Waals surface area contributed by atoms with E-state index in [1.165, 1.54) is 0 Å². The Balaban J connectivity index is 1.22. The first-order chi connectivity index (χ1) is 18.2. The molecule has 0 bridgehead atoms. The molecule has 1 aromatic heterocycles. The molecule has 188 valence electrons. The number of hydrogen-bond acceptors (Lipinski definition) is 7. The zero-order chi connectivity index (χ0) is 25.5. The topological polar surface area (TPSA) is 94.8 Å². The van der Waals surface area contributed by atoms with E-state index in [2.05, 4.69) is 10.1 Å². The first-order valence-corrected chi connectivity index (χ1v) is 12.3. The molecule has 4 aromatic rings. The van der Waals surface area contributed by atoms with Crippen molar-refractivity contribution >= 4 is 11.9 Å². The maximum atomic E-state index is 12.9. The summed E-state index contributed by atoms with van der Waals surface area (Å²) in [6.45, 7) is 0.769. The quantitative estimate of drug-likeness (QED) is 0.308. The van der Waals surface area contributed by atoms with Gasteiger partial charge in [0.1, 0.15) is 18.4 Å². The van der Waals surface area contributed by atoms with Crippen LogP contribution in [0.4, 0.5) is 0 Å². The lowest BCUT2D eigenvalue weighted by atomic mass is 10.0. The predicted molar refractivity (Wildman–Crippen MR) is 136 cm³/mol. The summed E-state index contributed by atoms with van der Waals surface area (Å²) in [7, 11) is 0. The van der Waals surface area contributed by atoms with Crippen molar-refractivity contribution in [3.63, 3.8) is 0 Å². The molecule has 1 saturated heterocycles. The molecule has 37 heavy (non-hydrogen) atoms. The smallest absolute Gasteiger partial charge is 0.338 e. The number of carbonyl (C=O) groups excluding carboxylic acids is 2. The number of hydrogen-bond donors (Lipinski definition) is 0. The number of para-hydroxylation sites is 1. The van der Waals surface area contributed by atoms with Crippen LogP contribution in [0, 0.1) is 0 Å². The fourth-order valence-corrected chi connectivity index (χ4v) is 4.28. The van der Waals surface area contributed by atoms with Crippen LogP contribution in [0.25, 0.3) is 11.4 Å². The fraction of sp³-hybridized carbons (Fsp3) is 0.241. The zero-order valence-corrected chi connectivity index (χ0v) is 20.3. The van der Waals surface area contributed by atoms with Crippen molar-refractivity contribution in [1.82, 2.24) is 15.0 Å². The van der Waals surface area contributed by atoms with Crippen molar-refractivity contribution in [3.05, 3.63) is 102 Å². The Morgan fingerprint density at radius 3 is 2.41 bits per heavy atom. The second-order valence-corrected chi connectivity index (χ2v) is 8.80. The van der Waals surface area contributed by atoms with Crippen LogP contribution >= 0.6 is 0 Å². The highest BCUT2D eigenvalue weighted by atomic mass is 16.5. The van der Waals surface area contributed by atoms with Crippen molar-refractivity contribution < 1.29 is 23.6 Å². The van der Waals surface area contributed by atoms with Gasteiger partial charge in [0.2, 0.25) is 11.7 Å². The Kier molecular flexibility index (Phi) is 7.55. The molecule has 1 aliphatic heterocycles. The maximum Gasteiger partial charge on any atom is 0.338 e. The van der Waals surface area contributed by atoms with E-state index in [-0.39, 0.29) is 25.2 Å². The highest BCUT2D eigenvalue weighted by Gasteiger charge is 2.32. The molecule has 8 heteroatoms. The van der Waals surface area contributed by atoms with E-state index >= 15 is 0 Å². The highest BCUT2D eigenvalue weighted by Crippen LogP contribution is 2.31. The molecule has 5 rings (SSSR count). The van der Waals surface area contributed by atoms with Gasteiger partial charge in [0.15, 0.2) is 6.61 Å². The van der Waals surface area contributed by atoms with E-state index in [4.69, 9.17) is 14.0 Å². The highest BCUT2D eigenvalue weighted by molar-refractivity contribution is 5.89. The third kappa shape index (κ3) is 6.03. The van der Waals surface area contributed by atoms with Gasteiger partial charge in [-0.15, -0.1) is 0 Å². The van der Waals surface area contributed by atoms with E-state index in [1.807, 2.05) is 60.7 Å². The molecular weight excluding hydrogens is 470 g/mol. The first-order valence-electron chi connectivity index (χ1n) is 12.3. The van der Waals surface area contributed by atoms with Gasteiger partial charge >= 0.3 is 5.97 Å². The summed E-state index contributed by atoms with van der Waals surface area (Å²) < 4.78 is 16.6. The molecule has 1 fully saturated rings. The van der Waals surface area contributed by atoms with Crippen molar-refractivity contribution in [3.8, 4) is 17.1 Å². The van der Waals surface area contributed by atoms with E-state index in [1.54, 1.807) is 29.2 Å². The van der Waals surface area contributed by atoms with Gasteiger partial charge in [0.05, 0.1) is 5.56 Å². The van der Waals surface area contributed by atoms with Crippen molar-refractivity contribution in [2.75, 3.05) is 13.2 Å². The summed E-state index contributed by atoms with van der Waals surface area (Å²) in [6, 6.07) is 25.4. The minimum Gasteiger partial charge on any atom is -0.484 e. The summed E-state index contributed by atoms with van der Waals surface area (Å²) in [5, 5.41) is 4.13. The lowest BCUT2D eigenvalue weighted by Gasteiger charge is -2.33. The summed E-state index contributed by atoms with van der Waals surface area (Å²) >= 11 is 0. The van der Waals surface area contributed by atoms with Gasteiger partial charge in [-0.25, -0.2) is 4.79 Å². The Hall–Kier alpha value is -4.46. The zero-order valence-electron chi connectivity index (χ0n) is 20.3. The molecule has 1 atom stereocenters. The number of piperidine rings is 1. The SMILES string of the molecule is O=C(OCc1ccccc1)c1ccc(-c2noc([C@H]3CCCCN3C(=O)COc3ccccc3)n2)cc1. The number of aromatic nitrogens is 2. The number of esters is 1. The van der Waals surface area contributed by atoms with E-state index < -0.39 is 5.97 Å². The summed E-state index contributed by atoms with van der Waals surface area (Å²) in [6.07, 6.45) is 2.62. The van der Waals surface area contributed by atoms with Crippen molar-refractivity contribution in [1.29, 1.82) is 0 Å². The van der Waals surface area contributed by atoms with Gasteiger partial charge in [-0.3, -0.25) is 4.79 Å². The number of benzene rings is 3. The third-order valence-electron chi connectivity index (χ3n) is 6.25. The standard InChI is InChI=1S/C29H27N3O5/c33-26(20-35-24-11-5-2-6-12-24)32-18-8-7-13-25(32)28-30-27(31-37-28)22-14-16-23(17-15-22)29(34)36-19-21-9-3-1-4-10-21/h1-6,9-12,14-17,25H,7-8,13,18-20H2/t25-/m1/s1. The van der Waals surface area contributed by atoms with Crippen LogP contribution in [0.3, 0.4) is 0 Å². The lowest BCUT2D eigenvalue weighted by molar-refractivity contribution is -0.138. The molecule has 0 saturated carbocycles. The third-order valence-corrected chi connectivity index (χ3v) is 6.25. The van der Waals surface area contributed by atoms with Crippen LogP contribution in [0.1, 0.15) is 47.1 Å². The molecule has 0 spiro atoms. The van der Waals surface area contributed by atoms with E-state index in [0.717, 1.165) is 24.8 Å². The largest absolute Gasteiger partial charge is 0.484 e. The lowest BCUT2D eigenvalue weighted by Crippen LogP contribution is -2.41. The normalized spacial score (nSPS) is 15.2. The average molecular weight is 498 g/mol. The molecule has 2 heterocycles. The van der Waals surface area contributed by atoms with Crippen LogP contribution < -0.4 is 4.74 Å². The first kappa shape index (κ1) is 24.2. The van der Waals surface area contributed by atoms with Gasteiger partial charge in [-0.05, 0) is 49.1 Å². The Morgan fingerprint density at radius 1 is 0.919 bits per heavy atom. The molecule has 0 aliphatic carbocycles. The Labute approximate surface area is 214 Å². The Morgan fingerprint density at radius 2 is 1.65 bits per heavy atom. The van der Waals surface area contributed by atoms with Crippen molar-refractivity contribution in [2.24, 2.45) is 0 Å². The van der Waals surface area contributed by atoms with E-state index in [0.29, 0.717) is 35.1 Å². The van der Waals surface area contributed by atoms with Gasteiger partial charge < -0.3 is 18.9 Å². The predicted octanol–water partition coefficient (Wildman–Crippen LogP) is 5.23. The molecule has 0 N–H and O–H groups in total. The van der Waals surface area contributed by atoms with Crippen molar-refractivity contribution in [2.45, 2.75) is 31.9 Å². The molecule has 1 aliphatic rings. The minimum absolute atomic E-state index is 0.0522. The minimum atomic E-state index is -0.404. The molecule has 1 amide bonds. The summed E-state index contributed by atoms with van der Waals surface area (Å²) in [5.74, 6) is 0.925. The second kappa shape index (κ2) is 11.5. The monoisotopic (exact) mass is 497 g/mol. The Bertz CT molecular complexity index is 1320. The summed E-state index contributed by atoms with van der Waals surface area (Å²) in [5.41, 5.74) is 2.07. The number of nitrogens with zero attached hydrogens (tertiary/aromatic N) is 3. The number of ether oxygens (including phenoxy) is 2. The van der Waals surface area contributed by atoms with Gasteiger partial charge in [0, 0.05) is 12.1 Å². The van der Waals surface area contributed by atoms with Crippen LogP contribution in [0.15, 0.2) is 89.5 Å². The number of likely N-dealkylation sites (tertiary alicyclic amines) is 1. The van der Waals surface area contributed by atoms with E-state index in [9.17, 15) is 9.59 Å². The van der Waals surface area contributed by atoms with Crippen LogP contribution in [0.5, 0.6) is 5.75 Å². The van der Waals surface area contributed by atoms with Gasteiger partial charge in [-0.2, -0.15) is 4.98 Å². The molecule has 8 nitrogen and oxygen atoms in total. The second-order valence-electron chi connectivity index (χ2n) is 8.80. The van der Waals surface area contributed by atoms with Gasteiger partial charge in [0.25, 0.3) is 5.91 Å². The van der Waals surface area contributed by atoms with Crippen LogP contribution in [-0.4, -0.2) is 40.1 Å². The molecule has 3 aromatic carbocycles. The fourth-order valence-electron chi connectivity index (χ4n) is 4.28. The molecule has 0 radical (unpaired) electrons. The van der Waals surface area contributed by atoms with Crippen LogP contribution in [0.2, 0.25) is 0 Å². The number of carbonyl (C=O) groups is 2. The number of amides is 1. The summed E-state index contributed by atoms with van der Waals surface area (Å²) in [4.78, 5) is 31.7. The van der Waals surface area contributed by atoms with Crippen LogP contribution in [-0.2, 0) is 16.1 Å².